The van der Waals surface area contributed by atoms with E-state index in [0.717, 1.165) is 29.7 Å². The number of rotatable bonds is 9. The Balaban J connectivity index is 2.00. The standard InChI is InChI=1S/C22H30N4/c1-4-17(13-16(3)14-23)15-25-22(24)12-8-11-20-18(5-2)19-9-6-7-10-21(19)26-20/h4-5,8,11,13,26H,1-3,6-7,9-10,12,14-15,23H2,(H2,24,25)/b11-8-,17-13+. The van der Waals surface area contributed by atoms with Crippen LogP contribution in [0.15, 0.2) is 54.1 Å². The Morgan fingerprint density at radius 3 is 2.69 bits per heavy atom. The largest absolute Gasteiger partial charge is 0.387 e. The number of amidine groups is 1. The number of fused-ring (bicyclic) bond motifs is 1. The van der Waals surface area contributed by atoms with Crippen LogP contribution < -0.4 is 11.5 Å². The molecule has 1 aliphatic carbocycles. The van der Waals surface area contributed by atoms with Crippen molar-refractivity contribution in [3.05, 3.63) is 71.6 Å². The highest BCUT2D eigenvalue weighted by molar-refractivity contribution is 5.83. The molecule has 0 spiro atoms. The monoisotopic (exact) mass is 350 g/mol. The summed E-state index contributed by atoms with van der Waals surface area (Å²) < 4.78 is 0. The molecule has 0 atom stereocenters. The minimum absolute atomic E-state index is 0.422. The Morgan fingerprint density at radius 1 is 1.23 bits per heavy atom. The van der Waals surface area contributed by atoms with Crippen LogP contribution in [0.3, 0.4) is 0 Å². The molecule has 0 aromatic carbocycles. The van der Waals surface area contributed by atoms with E-state index in [2.05, 4.69) is 35.8 Å². The van der Waals surface area contributed by atoms with Gasteiger partial charge in [-0.15, -0.1) is 0 Å². The van der Waals surface area contributed by atoms with Crippen LogP contribution in [0.1, 0.15) is 41.8 Å². The Hall–Kier alpha value is -2.59. The van der Waals surface area contributed by atoms with E-state index in [9.17, 15) is 0 Å². The zero-order valence-electron chi connectivity index (χ0n) is 15.6. The summed E-state index contributed by atoms with van der Waals surface area (Å²) in [5, 5.41) is 0. The molecule has 1 aromatic heterocycles. The second-order valence-corrected chi connectivity index (χ2v) is 6.52. The van der Waals surface area contributed by atoms with Crippen molar-refractivity contribution in [2.24, 2.45) is 16.5 Å². The van der Waals surface area contributed by atoms with Crippen molar-refractivity contribution in [3.8, 4) is 0 Å². The molecule has 1 heterocycles. The van der Waals surface area contributed by atoms with E-state index in [1.165, 1.54) is 29.7 Å². The zero-order valence-corrected chi connectivity index (χ0v) is 15.6. The lowest BCUT2D eigenvalue weighted by molar-refractivity contribution is 0.676. The van der Waals surface area contributed by atoms with E-state index in [1.54, 1.807) is 6.08 Å². The number of nitrogens with zero attached hydrogens (tertiary/aromatic N) is 1. The van der Waals surface area contributed by atoms with Gasteiger partial charge in [0.2, 0.25) is 0 Å². The number of nitrogens with one attached hydrogen (secondary N) is 1. The van der Waals surface area contributed by atoms with E-state index in [0.29, 0.717) is 25.3 Å². The lowest BCUT2D eigenvalue weighted by Crippen LogP contribution is -2.11. The van der Waals surface area contributed by atoms with Crippen molar-refractivity contribution in [1.82, 2.24) is 4.98 Å². The molecule has 0 amide bonds. The van der Waals surface area contributed by atoms with Gasteiger partial charge in [0, 0.05) is 29.9 Å². The SMILES string of the molecule is C=C/C(=C\C(=C)CN)CN=C(N)C/C=C\c1[nH]c2c(c1C=C)CCCC2. The summed E-state index contributed by atoms with van der Waals surface area (Å²) in [7, 11) is 0. The van der Waals surface area contributed by atoms with Crippen LogP contribution in [0.4, 0.5) is 0 Å². The minimum atomic E-state index is 0.422. The van der Waals surface area contributed by atoms with Gasteiger partial charge in [0.05, 0.1) is 12.4 Å². The smallest absolute Gasteiger partial charge is 0.0979 e. The Labute approximate surface area is 156 Å². The van der Waals surface area contributed by atoms with Gasteiger partial charge in [-0.05, 0) is 48.5 Å². The average Bonchev–Trinajstić information content (AvgIpc) is 3.02. The number of H-pyrrole nitrogens is 1. The summed E-state index contributed by atoms with van der Waals surface area (Å²) in [5.74, 6) is 0.587. The number of aliphatic imine (C=N–C) groups is 1. The van der Waals surface area contributed by atoms with Crippen LogP contribution in [0, 0.1) is 0 Å². The van der Waals surface area contributed by atoms with Gasteiger partial charge in [0.1, 0.15) is 0 Å². The van der Waals surface area contributed by atoms with Gasteiger partial charge >= 0.3 is 0 Å². The molecule has 0 radical (unpaired) electrons. The van der Waals surface area contributed by atoms with Crippen LogP contribution in [0.2, 0.25) is 0 Å². The first-order valence-corrected chi connectivity index (χ1v) is 9.11. The third kappa shape index (κ3) is 5.20. The van der Waals surface area contributed by atoms with Gasteiger partial charge in [-0.2, -0.15) is 0 Å². The number of aromatic amines is 1. The van der Waals surface area contributed by atoms with Crippen LogP contribution in [-0.4, -0.2) is 23.9 Å². The van der Waals surface area contributed by atoms with Crippen molar-refractivity contribution in [2.75, 3.05) is 13.1 Å². The van der Waals surface area contributed by atoms with Gasteiger partial charge in [-0.3, -0.25) is 4.99 Å². The molecular formula is C22H30N4. The molecule has 0 bridgehead atoms. The molecule has 0 aliphatic heterocycles. The number of aromatic nitrogens is 1. The fourth-order valence-corrected chi connectivity index (χ4v) is 3.14. The Morgan fingerprint density at radius 2 is 2.00 bits per heavy atom. The molecule has 0 saturated heterocycles. The van der Waals surface area contributed by atoms with Gasteiger partial charge < -0.3 is 16.5 Å². The third-order valence-corrected chi connectivity index (χ3v) is 4.56. The summed E-state index contributed by atoms with van der Waals surface area (Å²) in [6.07, 6.45) is 15.1. The first-order valence-electron chi connectivity index (χ1n) is 9.11. The Kier molecular flexibility index (Phi) is 7.42. The highest BCUT2D eigenvalue weighted by Gasteiger charge is 2.16. The lowest BCUT2D eigenvalue weighted by atomic mass is 9.94. The van der Waals surface area contributed by atoms with Crippen LogP contribution in [0.5, 0.6) is 0 Å². The van der Waals surface area contributed by atoms with Crippen LogP contribution in [-0.2, 0) is 12.8 Å². The number of nitrogens with two attached hydrogens (primary N) is 2. The van der Waals surface area contributed by atoms with E-state index < -0.39 is 0 Å². The number of aryl methyl sites for hydroxylation is 1. The maximum atomic E-state index is 6.03. The summed E-state index contributed by atoms with van der Waals surface area (Å²) in [5.41, 5.74) is 18.5. The highest BCUT2D eigenvalue weighted by Crippen LogP contribution is 2.28. The molecule has 0 saturated carbocycles. The first kappa shape index (κ1) is 19.7. The predicted molar refractivity (Wildman–Crippen MR) is 114 cm³/mol. The maximum absolute atomic E-state index is 6.03. The quantitative estimate of drug-likeness (QED) is 0.358. The van der Waals surface area contributed by atoms with E-state index >= 15 is 0 Å². The second kappa shape index (κ2) is 9.78. The molecule has 5 N–H and O–H groups in total. The average molecular weight is 351 g/mol. The van der Waals surface area contributed by atoms with Crippen LogP contribution in [0.25, 0.3) is 12.2 Å². The molecule has 0 unspecified atom stereocenters. The predicted octanol–water partition coefficient (Wildman–Crippen LogP) is 3.92. The van der Waals surface area contributed by atoms with Crippen molar-refractivity contribution < 1.29 is 0 Å². The lowest BCUT2D eigenvalue weighted by Gasteiger charge is -2.10. The molecule has 2 rings (SSSR count). The number of hydrogen-bond donors (Lipinski definition) is 3. The van der Waals surface area contributed by atoms with Crippen molar-refractivity contribution in [1.29, 1.82) is 0 Å². The van der Waals surface area contributed by atoms with E-state index in [1.807, 2.05) is 18.2 Å². The first-order chi connectivity index (χ1) is 12.6. The number of hydrogen-bond acceptors (Lipinski definition) is 2. The van der Waals surface area contributed by atoms with Gasteiger partial charge in [0.15, 0.2) is 0 Å². The molecule has 0 fully saturated rings. The van der Waals surface area contributed by atoms with E-state index in [4.69, 9.17) is 11.5 Å². The Bertz CT molecular complexity index is 759. The van der Waals surface area contributed by atoms with Gasteiger partial charge in [0.25, 0.3) is 0 Å². The zero-order chi connectivity index (χ0) is 18.9. The second-order valence-electron chi connectivity index (χ2n) is 6.52. The normalized spacial score (nSPS) is 15.1. The summed E-state index contributed by atoms with van der Waals surface area (Å²) >= 11 is 0. The van der Waals surface area contributed by atoms with E-state index in [-0.39, 0.29) is 0 Å². The summed E-state index contributed by atoms with van der Waals surface area (Å²) in [6, 6.07) is 0. The minimum Gasteiger partial charge on any atom is -0.387 e. The van der Waals surface area contributed by atoms with Gasteiger partial charge in [-0.25, -0.2) is 0 Å². The summed E-state index contributed by atoms with van der Waals surface area (Å²) in [4.78, 5) is 7.94. The van der Waals surface area contributed by atoms with Crippen molar-refractivity contribution in [2.45, 2.75) is 32.1 Å². The van der Waals surface area contributed by atoms with Gasteiger partial charge in [-0.1, -0.05) is 44.0 Å². The maximum Gasteiger partial charge on any atom is 0.0979 e. The molecule has 4 heteroatoms. The molecule has 138 valence electrons. The molecule has 1 aromatic rings. The molecule has 4 nitrogen and oxygen atoms in total. The third-order valence-electron chi connectivity index (χ3n) is 4.56. The summed E-state index contributed by atoms with van der Waals surface area (Å²) in [6.45, 7) is 12.5. The fourth-order valence-electron chi connectivity index (χ4n) is 3.14. The van der Waals surface area contributed by atoms with Crippen molar-refractivity contribution in [3.63, 3.8) is 0 Å². The topological polar surface area (TPSA) is 80.2 Å². The van der Waals surface area contributed by atoms with Crippen LogP contribution >= 0.6 is 0 Å². The highest BCUT2D eigenvalue weighted by atomic mass is 14.8. The molecule has 1 aliphatic rings. The molecule has 26 heavy (non-hydrogen) atoms. The fraction of sp³-hybridized carbons (Fsp3) is 0.318. The van der Waals surface area contributed by atoms with Crippen molar-refractivity contribution >= 4 is 18.0 Å². The molecular weight excluding hydrogens is 320 g/mol.